The summed E-state index contributed by atoms with van der Waals surface area (Å²) in [4.78, 5) is 0.203. The first-order chi connectivity index (χ1) is 9.87. The van der Waals surface area contributed by atoms with Gasteiger partial charge in [-0.25, -0.2) is 8.42 Å². The second-order valence-electron chi connectivity index (χ2n) is 5.42. The van der Waals surface area contributed by atoms with E-state index >= 15 is 0 Å². The van der Waals surface area contributed by atoms with Gasteiger partial charge in [0.05, 0.1) is 15.6 Å². The molecule has 0 atom stereocenters. The molecule has 5 nitrogen and oxygen atoms in total. The molecule has 1 aromatic carbocycles. The second kappa shape index (κ2) is 6.52. The van der Waals surface area contributed by atoms with Crippen LogP contribution in [0.1, 0.15) is 31.2 Å². The van der Waals surface area contributed by atoms with E-state index in [1.807, 2.05) is 0 Å². The number of benzene rings is 1. The van der Waals surface area contributed by atoms with Gasteiger partial charge in [-0.15, -0.1) is 0 Å². The Kier molecular flexibility index (Phi) is 5.14. The maximum absolute atomic E-state index is 12.9. The average Bonchev–Trinajstić information content (AvgIpc) is 2.36. The van der Waals surface area contributed by atoms with E-state index in [1.54, 1.807) is 13.0 Å². The van der Waals surface area contributed by atoms with Crippen LogP contribution in [0.15, 0.2) is 17.0 Å². The molecule has 7 heteroatoms. The maximum Gasteiger partial charge on any atom is 0.243 e. The number of aliphatic hydroxyl groups is 1. The van der Waals surface area contributed by atoms with Crippen molar-refractivity contribution in [2.24, 2.45) is 0 Å². The standard InChI is InChI=1S/C14H21ClN2O3S/c1-10-8-12(15)13(16)9-14(10)21(19,20)17(6-3-7-18)11-4-2-5-11/h8-9,11,18H,2-7,16H2,1H3. The molecular weight excluding hydrogens is 312 g/mol. The molecule has 0 aliphatic heterocycles. The minimum absolute atomic E-state index is 0.0258. The minimum Gasteiger partial charge on any atom is -0.397 e. The summed E-state index contributed by atoms with van der Waals surface area (Å²) < 4.78 is 27.3. The molecule has 3 N–H and O–H groups in total. The molecule has 1 aliphatic carbocycles. The minimum atomic E-state index is -3.62. The van der Waals surface area contributed by atoms with E-state index in [0.29, 0.717) is 23.6 Å². The fraction of sp³-hybridized carbons (Fsp3) is 0.571. The van der Waals surface area contributed by atoms with Crippen molar-refractivity contribution in [3.8, 4) is 0 Å². The number of nitrogen functional groups attached to an aromatic ring is 1. The van der Waals surface area contributed by atoms with Gasteiger partial charge in [0.25, 0.3) is 0 Å². The van der Waals surface area contributed by atoms with Crippen molar-refractivity contribution in [1.29, 1.82) is 0 Å². The SMILES string of the molecule is Cc1cc(Cl)c(N)cc1S(=O)(=O)N(CCCO)C1CCC1. The Balaban J connectivity index is 2.40. The largest absolute Gasteiger partial charge is 0.397 e. The van der Waals surface area contributed by atoms with Crippen LogP contribution in [0.25, 0.3) is 0 Å². The lowest BCUT2D eigenvalue weighted by molar-refractivity contribution is 0.198. The summed E-state index contributed by atoms with van der Waals surface area (Å²) in [6.07, 6.45) is 3.20. The lowest BCUT2D eigenvalue weighted by Gasteiger charge is -2.36. The van der Waals surface area contributed by atoms with Crippen LogP contribution in [-0.2, 0) is 10.0 Å². The van der Waals surface area contributed by atoms with Crippen LogP contribution < -0.4 is 5.73 Å². The fourth-order valence-corrected chi connectivity index (χ4v) is 4.66. The number of sulfonamides is 1. The first kappa shape index (κ1) is 16.5. The number of hydrogen-bond acceptors (Lipinski definition) is 4. The Bertz CT molecular complexity index is 615. The number of aryl methyl sites for hydroxylation is 1. The molecular formula is C14H21ClN2O3S. The lowest BCUT2D eigenvalue weighted by atomic mass is 9.93. The Morgan fingerprint density at radius 2 is 2.10 bits per heavy atom. The van der Waals surface area contributed by atoms with E-state index in [4.69, 9.17) is 22.4 Å². The van der Waals surface area contributed by atoms with Crippen LogP contribution >= 0.6 is 11.6 Å². The summed E-state index contributed by atoms with van der Waals surface area (Å²) in [6, 6.07) is 3.03. The highest BCUT2D eigenvalue weighted by atomic mass is 35.5. The highest BCUT2D eigenvalue weighted by molar-refractivity contribution is 7.89. The van der Waals surface area contributed by atoms with Gasteiger partial charge in [-0.2, -0.15) is 4.31 Å². The number of rotatable bonds is 6. The topological polar surface area (TPSA) is 83.6 Å². The van der Waals surface area contributed by atoms with Crippen molar-refractivity contribution in [2.45, 2.75) is 43.5 Å². The van der Waals surface area contributed by atoms with Gasteiger partial charge < -0.3 is 10.8 Å². The Morgan fingerprint density at radius 1 is 1.43 bits per heavy atom. The Labute approximate surface area is 130 Å². The van der Waals surface area contributed by atoms with Gasteiger partial charge >= 0.3 is 0 Å². The van der Waals surface area contributed by atoms with E-state index in [9.17, 15) is 8.42 Å². The van der Waals surface area contributed by atoms with Crippen molar-refractivity contribution in [1.82, 2.24) is 4.31 Å². The Morgan fingerprint density at radius 3 is 2.62 bits per heavy atom. The predicted molar refractivity (Wildman–Crippen MR) is 83.8 cm³/mol. The molecule has 0 aromatic heterocycles. The zero-order valence-corrected chi connectivity index (χ0v) is 13.6. The number of anilines is 1. The monoisotopic (exact) mass is 332 g/mol. The quantitative estimate of drug-likeness (QED) is 0.782. The third-order valence-electron chi connectivity index (χ3n) is 3.90. The molecule has 1 aromatic rings. The van der Waals surface area contributed by atoms with Gasteiger partial charge in [0.15, 0.2) is 0 Å². The highest BCUT2D eigenvalue weighted by Gasteiger charge is 2.35. The zero-order chi connectivity index (χ0) is 15.6. The molecule has 0 amide bonds. The number of nitrogens with two attached hydrogens (primary N) is 1. The van der Waals surface area contributed by atoms with E-state index in [2.05, 4.69) is 0 Å². The summed E-state index contributed by atoms with van der Waals surface area (Å²) in [5, 5.41) is 9.36. The van der Waals surface area contributed by atoms with Gasteiger partial charge in [-0.3, -0.25) is 0 Å². The van der Waals surface area contributed by atoms with E-state index in [-0.39, 0.29) is 23.2 Å². The third-order valence-corrected chi connectivity index (χ3v) is 6.32. The molecule has 2 rings (SSSR count). The molecule has 1 aliphatic rings. The summed E-state index contributed by atoms with van der Waals surface area (Å²) in [6.45, 7) is 2.01. The molecule has 0 heterocycles. The molecule has 0 radical (unpaired) electrons. The van der Waals surface area contributed by atoms with Crippen molar-refractivity contribution in [3.63, 3.8) is 0 Å². The number of aliphatic hydroxyl groups excluding tert-OH is 1. The molecule has 0 spiro atoms. The predicted octanol–water partition coefficient (Wildman–Crippen LogP) is 2.16. The number of nitrogens with zero attached hydrogens (tertiary/aromatic N) is 1. The fourth-order valence-electron chi connectivity index (χ4n) is 2.47. The van der Waals surface area contributed by atoms with Gasteiger partial charge in [-0.05, 0) is 43.9 Å². The van der Waals surface area contributed by atoms with Crippen molar-refractivity contribution in [2.75, 3.05) is 18.9 Å². The van der Waals surface area contributed by atoms with Crippen LogP contribution in [0.4, 0.5) is 5.69 Å². The van der Waals surface area contributed by atoms with Gasteiger partial charge in [0.1, 0.15) is 0 Å². The number of hydrogen-bond donors (Lipinski definition) is 2. The first-order valence-corrected chi connectivity index (χ1v) is 8.88. The van der Waals surface area contributed by atoms with Gasteiger partial charge in [0, 0.05) is 19.2 Å². The second-order valence-corrected chi connectivity index (χ2v) is 7.68. The summed E-state index contributed by atoms with van der Waals surface area (Å²) >= 11 is 5.93. The molecule has 1 fully saturated rings. The summed E-state index contributed by atoms with van der Waals surface area (Å²) in [5.41, 5.74) is 6.60. The molecule has 118 valence electrons. The average molecular weight is 333 g/mol. The normalized spacial score (nSPS) is 16.2. The first-order valence-electron chi connectivity index (χ1n) is 7.06. The van der Waals surface area contributed by atoms with Crippen LogP contribution in [0, 0.1) is 6.92 Å². The molecule has 0 unspecified atom stereocenters. The van der Waals surface area contributed by atoms with E-state index in [1.165, 1.54) is 10.4 Å². The van der Waals surface area contributed by atoms with Gasteiger partial charge in [-0.1, -0.05) is 18.0 Å². The van der Waals surface area contributed by atoms with Crippen molar-refractivity contribution in [3.05, 3.63) is 22.7 Å². The highest BCUT2D eigenvalue weighted by Crippen LogP contribution is 2.33. The molecule has 1 saturated carbocycles. The maximum atomic E-state index is 12.9. The smallest absolute Gasteiger partial charge is 0.243 e. The van der Waals surface area contributed by atoms with Crippen LogP contribution in [0.3, 0.4) is 0 Å². The van der Waals surface area contributed by atoms with Crippen LogP contribution in [0.2, 0.25) is 5.02 Å². The van der Waals surface area contributed by atoms with Crippen molar-refractivity contribution < 1.29 is 13.5 Å². The number of halogens is 1. The Hall–Kier alpha value is -0.820. The van der Waals surface area contributed by atoms with Gasteiger partial charge in [0.2, 0.25) is 10.0 Å². The van der Waals surface area contributed by atoms with Crippen LogP contribution in [-0.4, -0.2) is 37.0 Å². The zero-order valence-electron chi connectivity index (χ0n) is 12.0. The van der Waals surface area contributed by atoms with Crippen molar-refractivity contribution >= 4 is 27.3 Å². The molecule has 21 heavy (non-hydrogen) atoms. The molecule has 0 bridgehead atoms. The molecule has 0 saturated heterocycles. The third kappa shape index (κ3) is 3.34. The van der Waals surface area contributed by atoms with E-state index < -0.39 is 10.0 Å². The van der Waals surface area contributed by atoms with Crippen LogP contribution in [0.5, 0.6) is 0 Å². The summed E-state index contributed by atoms with van der Waals surface area (Å²) in [7, 11) is -3.62. The lowest BCUT2D eigenvalue weighted by Crippen LogP contribution is -2.45. The summed E-state index contributed by atoms with van der Waals surface area (Å²) in [5.74, 6) is 0. The van der Waals surface area contributed by atoms with E-state index in [0.717, 1.165) is 19.3 Å².